The first-order valence-corrected chi connectivity index (χ1v) is 6.39. The van der Waals surface area contributed by atoms with Crippen LogP contribution in [-0.2, 0) is 5.75 Å². The van der Waals surface area contributed by atoms with Gasteiger partial charge in [-0.2, -0.15) is 0 Å². The fraction of sp³-hybridized carbons (Fsp3) is 0.250. The Labute approximate surface area is 90.6 Å². The molecule has 0 N–H and O–H groups in total. The van der Waals surface area contributed by atoms with Gasteiger partial charge in [0.1, 0.15) is 0 Å². The Balaban J connectivity index is 3.26. The third-order valence-electron chi connectivity index (χ3n) is 1.62. The van der Waals surface area contributed by atoms with E-state index >= 15 is 0 Å². The Morgan fingerprint density at radius 2 is 1.20 bits per heavy atom. The van der Waals surface area contributed by atoms with E-state index < -0.39 is 34.6 Å². The molecule has 0 aromatic heterocycles. The van der Waals surface area contributed by atoms with Crippen molar-refractivity contribution in [3.8, 4) is 0 Å². The lowest BCUT2D eigenvalue weighted by atomic mass is 10.2. The maximum absolute atomic E-state index is 13.0. The zero-order valence-corrected chi connectivity index (χ0v) is 9.05. The summed E-state index contributed by atoms with van der Waals surface area (Å²) in [6.45, 7) is 0. The first-order chi connectivity index (χ1) is 7.00. The topological polar surface area (TPSA) is 0 Å². The molecule has 1 aromatic carbocycles. The summed E-state index contributed by atoms with van der Waals surface area (Å²) in [5, 5.41) is 0. The van der Waals surface area contributed by atoms with Crippen molar-refractivity contribution in [2.75, 3.05) is 6.26 Å². The molecular formula is C8H5F5S2. The van der Waals surface area contributed by atoms with Crippen LogP contribution >= 0.6 is 21.6 Å². The van der Waals surface area contributed by atoms with Gasteiger partial charge in [0.05, 0.1) is 0 Å². The largest absolute Gasteiger partial charge is 0.203 e. The predicted octanol–water partition coefficient (Wildman–Crippen LogP) is 3.89. The quantitative estimate of drug-likeness (QED) is 0.350. The molecule has 15 heavy (non-hydrogen) atoms. The number of hydrogen-bond donors (Lipinski definition) is 0. The molecule has 0 nitrogen and oxygen atoms in total. The highest BCUT2D eigenvalue weighted by atomic mass is 33.1. The van der Waals surface area contributed by atoms with Gasteiger partial charge in [-0.3, -0.25) is 0 Å². The standard InChI is InChI=1S/C8H5F5S2/c1-14-15-2-3-4(9)6(11)8(13)7(12)5(3)10/h2H2,1H3. The van der Waals surface area contributed by atoms with Gasteiger partial charge in [-0.05, 0) is 6.26 Å². The van der Waals surface area contributed by atoms with E-state index in [4.69, 9.17) is 0 Å². The lowest BCUT2D eigenvalue weighted by Gasteiger charge is -2.06. The van der Waals surface area contributed by atoms with Crippen molar-refractivity contribution in [1.82, 2.24) is 0 Å². The summed E-state index contributed by atoms with van der Waals surface area (Å²) in [6, 6.07) is 0. The molecule has 0 aliphatic carbocycles. The zero-order chi connectivity index (χ0) is 11.6. The van der Waals surface area contributed by atoms with Crippen LogP contribution in [0.2, 0.25) is 0 Å². The molecular weight excluding hydrogens is 255 g/mol. The van der Waals surface area contributed by atoms with Crippen LogP contribution in [0.15, 0.2) is 0 Å². The molecule has 0 saturated heterocycles. The van der Waals surface area contributed by atoms with E-state index in [-0.39, 0.29) is 5.75 Å². The van der Waals surface area contributed by atoms with E-state index in [1.54, 1.807) is 6.26 Å². The van der Waals surface area contributed by atoms with Crippen molar-refractivity contribution >= 4 is 21.6 Å². The van der Waals surface area contributed by atoms with E-state index in [0.717, 1.165) is 10.8 Å². The molecule has 0 unspecified atom stereocenters. The van der Waals surface area contributed by atoms with E-state index in [1.807, 2.05) is 0 Å². The average Bonchev–Trinajstić information content (AvgIpc) is 2.24. The van der Waals surface area contributed by atoms with Crippen molar-refractivity contribution in [3.05, 3.63) is 34.6 Å². The second-order valence-corrected chi connectivity index (χ2v) is 5.04. The minimum Gasteiger partial charge on any atom is -0.203 e. The van der Waals surface area contributed by atoms with Crippen molar-refractivity contribution in [3.63, 3.8) is 0 Å². The van der Waals surface area contributed by atoms with E-state index in [0.29, 0.717) is 0 Å². The molecule has 0 radical (unpaired) electrons. The van der Waals surface area contributed by atoms with Gasteiger partial charge < -0.3 is 0 Å². The Morgan fingerprint density at radius 1 is 0.800 bits per heavy atom. The summed E-state index contributed by atoms with van der Waals surface area (Å²) in [5.41, 5.74) is -0.786. The lowest BCUT2D eigenvalue weighted by Crippen LogP contribution is -2.05. The number of rotatable bonds is 3. The molecule has 0 bridgehead atoms. The summed E-state index contributed by atoms with van der Waals surface area (Å²) >= 11 is 0. The third-order valence-corrected chi connectivity index (χ3v) is 3.32. The Morgan fingerprint density at radius 3 is 1.60 bits per heavy atom. The molecule has 0 saturated carbocycles. The van der Waals surface area contributed by atoms with Crippen LogP contribution in [0.5, 0.6) is 0 Å². The zero-order valence-electron chi connectivity index (χ0n) is 7.41. The fourth-order valence-corrected chi connectivity index (χ4v) is 2.09. The van der Waals surface area contributed by atoms with E-state index in [9.17, 15) is 22.0 Å². The monoisotopic (exact) mass is 260 g/mol. The summed E-state index contributed by atoms with van der Waals surface area (Å²) in [7, 11) is 2.17. The number of hydrogen-bond acceptors (Lipinski definition) is 2. The normalized spacial score (nSPS) is 10.8. The first-order valence-electron chi connectivity index (χ1n) is 3.66. The molecule has 0 spiro atoms. The van der Waals surface area contributed by atoms with Gasteiger partial charge in [0.25, 0.3) is 0 Å². The first kappa shape index (κ1) is 12.6. The van der Waals surface area contributed by atoms with Gasteiger partial charge in [-0.25, -0.2) is 22.0 Å². The molecule has 0 fully saturated rings. The van der Waals surface area contributed by atoms with E-state index in [2.05, 4.69) is 0 Å². The van der Waals surface area contributed by atoms with Gasteiger partial charge in [-0.1, -0.05) is 21.6 Å². The molecule has 0 aliphatic heterocycles. The van der Waals surface area contributed by atoms with E-state index in [1.165, 1.54) is 10.8 Å². The summed E-state index contributed by atoms with van der Waals surface area (Å²) in [4.78, 5) is 0. The van der Waals surface area contributed by atoms with Crippen molar-refractivity contribution in [1.29, 1.82) is 0 Å². The average molecular weight is 260 g/mol. The highest BCUT2D eigenvalue weighted by Crippen LogP contribution is 2.29. The van der Waals surface area contributed by atoms with Crippen LogP contribution in [0, 0.1) is 29.1 Å². The Kier molecular flexibility index (Phi) is 4.27. The van der Waals surface area contributed by atoms with Crippen molar-refractivity contribution in [2.45, 2.75) is 5.75 Å². The second-order valence-electron chi connectivity index (χ2n) is 2.48. The Hall–Kier alpha value is -0.430. The van der Waals surface area contributed by atoms with Gasteiger partial charge in [-0.15, -0.1) is 0 Å². The van der Waals surface area contributed by atoms with Crippen LogP contribution in [0.25, 0.3) is 0 Å². The smallest absolute Gasteiger partial charge is 0.200 e. The SMILES string of the molecule is CSSCc1c(F)c(F)c(F)c(F)c1F. The molecule has 0 amide bonds. The number of benzene rings is 1. The number of halogens is 5. The summed E-state index contributed by atoms with van der Waals surface area (Å²) in [6.07, 6.45) is 1.64. The van der Waals surface area contributed by atoms with Crippen LogP contribution < -0.4 is 0 Å². The molecule has 0 atom stereocenters. The van der Waals surface area contributed by atoms with Crippen molar-refractivity contribution < 1.29 is 22.0 Å². The van der Waals surface area contributed by atoms with Crippen LogP contribution in [0.3, 0.4) is 0 Å². The molecule has 0 heterocycles. The highest BCUT2D eigenvalue weighted by molar-refractivity contribution is 8.76. The van der Waals surface area contributed by atoms with Crippen molar-refractivity contribution in [2.24, 2.45) is 0 Å². The maximum Gasteiger partial charge on any atom is 0.200 e. The minimum atomic E-state index is -2.12. The second kappa shape index (κ2) is 5.07. The van der Waals surface area contributed by atoms with Crippen LogP contribution in [-0.4, -0.2) is 6.26 Å². The molecule has 0 aliphatic rings. The Bertz CT molecular complexity index is 351. The molecule has 1 rings (SSSR count). The van der Waals surface area contributed by atoms with Crippen LogP contribution in [0.4, 0.5) is 22.0 Å². The van der Waals surface area contributed by atoms with Gasteiger partial charge >= 0.3 is 0 Å². The summed E-state index contributed by atoms with van der Waals surface area (Å²) < 4.78 is 63.9. The van der Waals surface area contributed by atoms with Gasteiger partial charge in [0, 0.05) is 11.3 Å². The predicted molar refractivity (Wildman–Crippen MR) is 51.0 cm³/mol. The molecule has 7 heteroatoms. The third kappa shape index (κ3) is 2.39. The van der Waals surface area contributed by atoms with Gasteiger partial charge in [0.15, 0.2) is 23.3 Å². The highest BCUT2D eigenvalue weighted by Gasteiger charge is 2.25. The molecule has 1 aromatic rings. The van der Waals surface area contributed by atoms with Gasteiger partial charge in [0.2, 0.25) is 5.82 Å². The minimum absolute atomic E-state index is 0.271. The van der Waals surface area contributed by atoms with Crippen LogP contribution in [0.1, 0.15) is 5.56 Å². The molecule has 84 valence electrons. The summed E-state index contributed by atoms with van der Waals surface area (Å²) in [5.74, 6) is -9.70. The maximum atomic E-state index is 13.0. The lowest BCUT2D eigenvalue weighted by molar-refractivity contribution is 0.372. The fourth-order valence-electron chi connectivity index (χ4n) is 0.895.